The van der Waals surface area contributed by atoms with Gasteiger partial charge in [0.25, 0.3) is 0 Å². The fourth-order valence-electron chi connectivity index (χ4n) is 2.60. The van der Waals surface area contributed by atoms with E-state index < -0.39 is 4.93 Å². The Labute approximate surface area is 158 Å². The highest BCUT2D eigenvalue weighted by Crippen LogP contribution is 2.41. The summed E-state index contributed by atoms with van der Waals surface area (Å²) in [6, 6.07) is 8.11. The van der Waals surface area contributed by atoms with E-state index in [1.54, 1.807) is 11.8 Å². The van der Waals surface area contributed by atoms with Gasteiger partial charge in [0.1, 0.15) is 10.7 Å². The first-order valence-electron chi connectivity index (χ1n) is 9.13. The number of rotatable bonds is 10. The van der Waals surface area contributed by atoms with Gasteiger partial charge in [0.2, 0.25) is 0 Å². The van der Waals surface area contributed by atoms with Crippen molar-refractivity contribution >= 4 is 11.8 Å². The van der Waals surface area contributed by atoms with Crippen molar-refractivity contribution in [2.75, 3.05) is 6.54 Å². The zero-order chi connectivity index (χ0) is 19.3. The molecule has 5 heteroatoms. The fourth-order valence-corrected chi connectivity index (χ4v) is 4.13. The maximum absolute atomic E-state index is 6.31. The molecule has 144 valence electrons. The Morgan fingerprint density at radius 2 is 1.60 bits per heavy atom. The largest absolute Gasteiger partial charge is 0.477 e. The third-order valence-electron chi connectivity index (χ3n) is 4.50. The van der Waals surface area contributed by atoms with E-state index in [0.717, 1.165) is 24.2 Å². The molecule has 0 aliphatic carbocycles. The summed E-state index contributed by atoms with van der Waals surface area (Å²) in [5.41, 5.74) is 12.8. The smallest absolute Gasteiger partial charge is 0.154 e. The lowest BCUT2D eigenvalue weighted by atomic mass is 9.91. The Balaban J connectivity index is 2.86. The van der Waals surface area contributed by atoms with E-state index in [9.17, 15) is 0 Å². The van der Waals surface area contributed by atoms with E-state index in [2.05, 4.69) is 46.8 Å². The molecule has 3 atom stereocenters. The van der Waals surface area contributed by atoms with Gasteiger partial charge in [-0.2, -0.15) is 0 Å². The maximum Gasteiger partial charge on any atom is 0.154 e. The van der Waals surface area contributed by atoms with Crippen molar-refractivity contribution in [1.82, 2.24) is 0 Å². The number of thioether (sulfide) groups is 1. The lowest BCUT2D eigenvalue weighted by Crippen LogP contribution is -2.38. The highest BCUT2D eigenvalue weighted by molar-refractivity contribution is 8.01. The molecule has 1 aromatic rings. The fraction of sp³-hybridized carbons (Fsp3) is 0.700. The average Bonchev–Trinajstić information content (AvgIpc) is 2.54. The van der Waals surface area contributed by atoms with Crippen LogP contribution in [0.15, 0.2) is 24.3 Å². The first-order valence-corrected chi connectivity index (χ1v) is 9.95. The highest BCUT2D eigenvalue weighted by atomic mass is 32.2. The summed E-state index contributed by atoms with van der Waals surface area (Å²) in [5, 5.41) is 0. The van der Waals surface area contributed by atoms with Crippen LogP contribution in [-0.4, -0.2) is 22.5 Å². The minimum Gasteiger partial charge on any atom is -0.477 e. The van der Waals surface area contributed by atoms with Crippen molar-refractivity contribution < 1.29 is 9.47 Å². The molecule has 0 saturated carbocycles. The molecule has 0 amide bonds. The predicted octanol–water partition coefficient (Wildman–Crippen LogP) is 4.61. The molecule has 0 fully saturated rings. The van der Waals surface area contributed by atoms with E-state index in [1.807, 2.05) is 26.0 Å². The van der Waals surface area contributed by atoms with Crippen molar-refractivity contribution in [3.63, 3.8) is 0 Å². The molecule has 25 heavy (non-hydrogen) atoms. The Kier molecular flexibility index (Phi) is 7.81. The van der Waals surface area contributed by atoms with Crippen LogP contribution in [0.5, 0.6) is 5.75 Å². The van der Waals surface area contributed by atoms with Crippen molar-refractivity contribution in [2.24, 2.45) is 11.5 Å². The molecule has 1 rings (SSSR count). The van der Waals surface area contributed by atoms with Gasteiger partial charge in [0.15, 0.2) is 4.93 Å². The van der Waals surface area contributed by atoms with Gasteiger partial charge in [-0.15, -0.1) is 0 Å². The second-order valence-electron chi connectivity index (χ2n) is 7.55. The van der Waals surface area contributed by atoms with E-state index >= 15 is 0 Å². The summed E-state index contributed by atoms with van der Waals surface area (Å²) in [4.78, 5) is -0.780. The summed E-state index contributed by atoms with van der Waals surface area (Å²) in [6.45, 7) is 15.0. The molecule has 0 spiro atoms. The van der Waals surface area contributed by atoms with Gasteiger partial charge in [-0.3, -0.25) is 0 Å². The predicted molar refractivity (Wildman–Crippen MR) is 109 cm³/mol. The topological polar surface area (TPSA) is 70.5 Å². The Morgan fingerprint density at radius 1 is 1.04 bits per heavy atom. The summed E-state index contributed by atoms with van der Waals surface area (Å²) < 4.78 is 12.4. The van der Waals surface area contributed by atoms with Crippen LogP contribution in [0.2, 0.25) is 0 Å². The van der Waals surface area contributed by atoms with Crippen molar-refractivity contribution in [3.8, 4) is 5.75 Å². The van der Waals surface area contributed by atoms with Gasteiger partial charge in [0.05, 0.1) is 6.10 Å². The number of hydrogen-bond acceptors (Lipinski definition) is 5. The van der Waals surface area contributed by atoms with Crippen LogP contribution in [0.3, 0.4) is 0 Å². The zero-order valence-corrected chi connectivity index (χ0v) is 17.7. The summed E-state index contributed by atoms with van der Waals surface area (Å²) >= 11 is 1.68. The second kappa shape index (κ2) is 8.76. The van der Waals surface area contributed by atoms with Crippen molar-refractivity contribution in [3.05, 3.63) is 29.8 Å². The highest BCUT2D eigenvalue weighted by Gasteiger charge is 2.35. The molecule has 0 saturated heterocycles. The zero-order valence-electron chi connectivity index (χ0n) is 16.9. The minimum atomic E-state index is -0.393. The van der Waals surface area contributed by atoms with Gasteiger partial charge in [-0.05, 0) is 65.2 Å². The van der Waals surface area contributed by atoms with Crippen LogP contribution in [0.1, 0.15) is 66.9 Å². The molecule has 0 heterocycles. The first-order chi connectivity index (χ1) is 11.5. The van der Waals surface area contributed by atoms with Gasteiger partial charge in [-0.1, -0.05) is 37.7 Å². The van der Waals surface area contributed by atoms with Crippen LogP contribution >= 0.6 is 11.8 Å². The molecule has 0 bridgehead atoms. The second-order valence-corrected chi connectivity index (χ2v) is 9.60. The number of ether oxygens (including phenoxy) is 2. The van der Waals surface area contributed by atoms with E-state index in [4.69, 9.17) is 20.9 Å². The normalized spacial score (nSPS) is 18.3. The average molecular weight is 369 g/mol. The monoisotopic (exact) mass is 368 g/mol. The quantitative estimate of drug-likeness (QED) is 0.590. The summed E-state index contributed by atoms with van der Waals surface area (Å²) in [7, 11) is 0. The Hall–Kier alpha value is -0.750. The van der Waals surface area contributed by atoms with E-state index in [1.165, 1.54) is 0 Å². The SMILES string of the molecule is CCC(C)(Oc1ccc(C(C)(N)CC)cc1)SC(C)(C)OC(C)CN. The molecule has 0 aliphatic rings. The van der Waals surface area contributed by atoms with E-state index in [0.29, 0.717) is 6.54 Å². The third-order valence-corrected chi connectivity index (χ3v) is 5.89. The molecule has 1 aromatic carbocycles. The molecule has 0 radical (unpaired) electrons. The molecule has 4 N–H and O–H groups in total. The number of nitrogens with two attached hydrogens (primary N) is 2. The van der Waals surface area contributed by atoms with Crippen LogP contribution in [0.25, 0.3) is 0 Å². The lowest BCUT2D eigenvalue weighted by molar-refractivity contribution is -0.00212. The molecule has 3 unspecified atom stereocenters. The summed E-state index contributed by atoms with van der Waals surface area (Å²) in [5.74, 6) is 0.843. The van der Waals surface area contributed by atoms with Gasteiger partial charge in [0, 0.05) is 12.1 Å². The van der Waals surface area contributed by atoms with E-state index in [-0.39, 0.29) is 16.6 Å². The van der Waals surface area contributed by atoms with Crippen LogP contribution < -0.4 is 16.2 Å². The van der Waals surface area contributed by atoms with Gasteiger partial charge < -0.3 is 20.9 Å². The van der Waals surface area contributed by atoms with Crippen molar-refractivity contribution in [2.45, 2.75) is 82.8 Å². The maximum atomic E-state index is 6.31. The lowest BCUT2D eigenvalue weighted by Gasteiger charge is -2.38. The van der Waals surface area contributed by atoms with Crippen molar-refractivity contribution in [1.29, 1.82) is 0 Å². The Morgan fingerprint density at radius 3 is 2.04 bits per heavy atom. The number of benzene rings is 1. The molecular formula is C20H36N2O2S. The van der Waals surface area contributed by atoms with Crippen LogP contribution in [-0.2, 0) is 10.3 Å². The molecule has 0 aliphatic heterocycles. The van der Waals surface area contributed by atoms with Gasteiger partial charge in [-0.25, -0.2) is 0 Å². The molecule has 0 aromatic heterocycles. The molecular weight excluding hydrogens is 332 g/mol. The van der Waals surface area contributed by atoms with Crippen LogP contribution in [0.4, 0.5) is 0 Å². The summed E-state index contributed by atoms with van der Waals surface area (Å²) in [6.07, 6.45) is 1.76. The van der Waals surface area contributed by atoms with Crippen LogP contribution in [0, 0.1) is 0 Å². The van der Waals surface area contributed by atoms with Gasteiger partial charge >= 0.3 is 0 Å². The number of hydrogen-bond donors (Lipinski definition) is 2. The standard InChI is InChI=1S/C20H36N2O2S/c1-8-19(6,22)16-10-12-17(13-11-16)24-20(7,9-2)25-18(4,5)23-15(3)14-21/h10-13,15H,8-9,14,21-22H2,1-7H3. The minimum absolute atomic E-state index is 0.0131. The Bertz CT molecular complexity index is 531. The third kappa shape index (κ3) is 6.81. The molecule has 4 nitrogen and oxygen atoms in total. The first kappa shape index (κ1) is 22.3.